The number of hydrogen-bond acceptors (Lipinski definition) is 5. The molecule has 0 spiro atoms. The maximum absolute atomic E-state index is 13.8. The van der Waals surface area contributed by atoms with Crippen LogP contribution in [0.3, 0.4) is 0 Å². The Bertz CT molecular complexity index is 1040. The van der Waals surface area contributed by atoms with E-state index in [4.69, 9.17) is 9.47 Å². The molecule has 0 radical (unpaired) electrons. The number of nitrogens with zero attached hydrogens (tertiary/aromatic N) is 1. The number of urea groups is 1. The predicted molar refractivity (Wildman–Crippen MR) is 125 cm³/mol. The molecular weight excluding hydrogens is 446 g/mol. The lowest BCUT2D eigenvalue weighted by molar-refractivity contribution is 0.0281. The zero-order valence-electron chi connectivity index (χ0n) is 19.7. The molecule has 0 aliphatic carbocycles. The van der Waals surface area contributed by atoms with E-state index >= 15 is 0 Å². The van der Waals surface area contributed by atoms with Gasteiger partial charge in [-0.2, -0.15) is 0 Å². The van der Waals surface area contributed by atoms with Crippen LogP contribution in [0.25, 0.3) is 0 Å². The summed E-state index contributed by atoms with van der Waals surface area (Å²) in [6, 6.07) is 6.65. The molecule has 0 fully saturated rings. The quantitative estimate of drug-likeness (QED) is 0.628. The second-order valence-corrected chi connectivity index (χ2v) is 8.47. The number of amides is 3. The van der Waals surface area contributed by atoms with Crippen molar-refractivity contribution < 1.29 is 27.8 Å². The highest BCUT2D eigenvalue weighted by molar-refractivity contribution is 6.02. The molecular formula is C24H30F2N4O4. The smallest absolute Gasteiger partial charge is 0.323 e. The van der Waals surface area contributed by atoms with Crippen molar-refractivity contribution in [3.8, 4) is 5.75 Å². The monoisotopic (exact) mass is 476 g/mol. The van der Waals surface area contributed by atoms with Crippen LogP contribution in [0.2, 0.25) is 0 Å². The summed E-state index contributed by atoms with van der Waals surface area (Å²) >= 11 is 0. The van der Waals surface area contributed by atoms with Crippen molar-refractivity contribution in [2.75, 3.05) is 44.5 Å². The number of carbonyl (C=O) groups excluding carboxylic acids is 2. The normalized spacial score (nSPS) is 21.5. The maximum Gasteiger partial charge on any atom is 0.323 e. The van der Waals surface area contributed by atoms with Crippen molar-refractivity contribution in [1.29, 1.82) is 0 Å². The molecule has 0 aromatic heterocycles. The molecule has 3 N–H and O–H groups in total. The molecule has 2 aromatic rings. The van der Waals surface area contributed by atoms with E-state index in [2.05, 4.69) is 22.9 Å². The summed E-state index contributed by atoms with van der Waals surface area (Å²) in [4.78, 5) is 27.2. The Morgan fingerprint density at radius 3 is 2.68 bits per heavy atom. The number of hydrogen-bond donors (Lipinski definition) is 3. The number of halogens is 2. The average molecular weight is 477 g/mol. The van der Waals surface area contributed by atoms with Crippen LogP contribution in [-0.4, -0.2) is 62.8 Å². The van der Waals surface area contributed by atoms with Gasteiger partial charge in [-0.25, -0.2) is 13.6 Å². The van der Waals surface area contributed by atoms with Crippen LogP contribution in [0.4, 0.5) is 25.0 Å². The predicted octanol–water partition coefficient (Wildman–Crippen LogP) is 3.70. The Balaban J connectivity index is 1.83. The third-order valence-corrected chi connectivity index (χ3v) is 5.66. The van der Waals surface area contributed by atoms with Crippen LogP contribution in [0.15, 0.2) is 36.4 Å². The number of rotatable bonds is 3. The van der Waals surface area contributed by atoms with E-state index in [-0.39, 0.29) is 40.9 Å². The van der Waals surface area contributed by atoms with E-state index < -0.39 is 17.7 Å². The van der Waals surface area contributed by atoms with Gasteiger partial charge in [-0.05, 0) is 43.2 Å². The molecule has 0 bridgehead atoms. The number of anilines is 2. The van der Waals surface area contributed by atoms with Crippen molar-refractivity contribution in [2.45, 2.75) is 26.0 Å². The standard InChI is InChI=1S/C24H30F2N4O4/c1-14-11-27-15(2)13-34-21-8-6-17(10-18(21)23(31)30(3)12-22(14)33-4)28-24(32)29-20-9-16(25)5-7-19(20)26/h5-10,14-15,22,27H,11-13H2,1-4H3,(H2,28,29,32)/t14-,15-,22-/m0/s1. The molecule has 184 valence electrons. The van der Waals surface area contributed by atoms with Gasteiger partial charge in [-0.15, -0.1) is 0 Å². The van der Waals surface area contributed by atoms with Gasteiger partial charge in [0.15, 0.2) is 0 Å². The summed E-state index contributed by atoms with van der Waals surface area (Å²) in [7, 11) is 3.29. The molecule has 1 aliphatic heterocycles. The Morgan fingerprint density at radius 1 is 1.18 bits per heavy atom. The zero-order chi connectivity index (χ0) is 24.8. The summed E-state index contributed by atoms with van der Waals surface area (Å²) in [6.07, 6.45) is -0.175. The Morgan fingerprint density at radius 2 is 1.94 bits per heavy atom. The number of carbonyl (C=O) groups is 2. The highest BCUT2D eigenvalue weighted by atomic mass is 19.1. The second-order valence-electron chi connectivity index (χ2n) is 8.47. The third kappa shape index (κ3) is 6.42. The lowest BCUT2D eigenvalue weighted by Gasteiger charge is -2.30. The number of likely N-dealkylation sites (N-methyl/N-ethyl adjacent to an activating group) is 1. The lowest BCUT2D eigenvalue weighted by Crippen LogP contribution is -2.44. The van der Waals surface area contributed by atoms with E-state index in [0.29, 0.717) is 25.4 Å². The summed E-state index contributed by atoms with van der Waals surface area (Å²) in [5.74, 6) is -1.24. The van der Waals surface area contributed by atoms with Crippen LogP contribution in [0, 0.1) is 17.6 Å². The molecule has 3 atom stereocenters. The minimum absolute atomic E-state index is 0.0322. The lowest BCUT2D eigenvalue weighted by atomic mass is 10.0. The van der Waals surface area contributed by atoms with Crippen molar-refractivity contribution >= 4 is 23.3 Å². The summed E-state index contributed by atoms with van der Waals surface area (Å²) < 4.78 is 38.7. The molecule has 8 nitrogen and oxygen atoms in total. The molecule has 0 saturated carbocycles. The van der Waals surface area contributed by atoms with Crippen molar-refractivity contribution in [3.05, 3.63) is 53.6 Å². The fourth-order valence-electron chi connectivity index (χ4n) is 3.62. The van der Waals surface area contributed by atoms with E-state index in [1.165, 1.54) is 6.07 Å². The van der Waals surface area contributed by atoms with Gasteiger partial charge in [0, 0.05) is 45.0 Å². The van der Waals surface area contributed by atoms with Gasteiger partial charge in [0.2, 0.25) is 0 Å². The SMILES string of the molecule is CO[C@H]1CN(C)C(=O)c2cc(NC(=O)Nc3cc(F)ccc3F)ccc2OC[C@H](C)NC[C@@H]1C. The number of benzene rings is 2. The maximum atomic E-state index is 13.8. The molecule has 3 rings (SSSR count). The Hall–Kier alpha value is -3.24. The fourth-order valence-corrected chi connectivity index (χ4v) is 3.62. The highest BCUT2D eigenvalue weighted by Gasteiger charge is 2.25. The summed E-state index contributed by atoms with van der Waals surface area (Å²) in [5.41, 5.74) is 0.241. The number of nitrogens with one attached hydrogen (secondary N) is 3. The van der Waals surface area contributed by atoms with Crippen LogP contribution in [0.5, 0.6) is 5.75 Å². The van der Waals surface area contributed by atoms with E-state index in [0.717, 1.165) is 18.2 Å². The minimum Gasteiger partial charge on any atom is -0.491 e. The van der Waals surface area contributed by atoms with E-state index in [1.807, 2.05) is 6.92 Å². The number of fused-ring (bicyclic) bond motifs is 1. The van der Waals surface area contributed by atoms with Gasteiger partial charge in [-0.3, -0.25) is 4.79 Å². The van der Waals surface area contributed by atoms with E-state index in [1.54, 1.807) is 31.2 Å². The summed E-state index contributed by atoms with van der Waals surface area (Å²) in [5, 5.41) is 8.21. The molecule has 0 unspecified atom stereocenters. The van der Waals surface area contributed by atoms with Crippen LogP contribution < -0.4 is 20.7 Å². The Labute approximate surface area is 197 Å². The van der Waals surface area contributed by atoms with Gasteiger partial charge in [-0.1, -0.05) is 6.92 Å². The average Bonchev–Trinajstić information content (AvgIpc) is 2.81. The highest BCUT2D eigenvalue weighted by Crippen LogP contribution is 2.26. The fraction of sp³-hybridized carbons (Fsp3) is 0.417. The first-order valence-electron chi connectivity index (χ1n) is 11.0. The first-order valence-corrected chi connectivity index (χ1v) is 11.0. The molecule has 34 heavy (non-hydrogen) atoms. The molecule has 1 aliphatic rings. The molecule has 0 saturated heterocycles. The van der Waals surface area contributed by atoms with Crippen LogP contribution in [0.1, 0.15) is 24.2 Å². The zero-order valence-corrected chi connectivity index (χ0v) is 19.7. The van der Waals surface area contributed by atoms with Crippen molar-refractivity contribution in [1.82, 2.24) is 10.2 Å². The topological polar surface area (TPSA) is 91.9 Å². The first kappa shape index (κ1) is 25.4. The Kier molecular flexibility index (Phi) is 8.41. The first-order chi connectivity index (χ1) is 16.2. The summed E-state index contributed by atoms with van der Waals surface area (Å²) in [6.45, 7) is 5.44. The second kappa shape index (κ2) is 11.3. The van der Waals surface area contributed by atoms with Gasteiger partial charge >= 0.3 is 6.03 Å². The molecule has 1 heterocycles. The van der Waals surface area contributed by atoms with Gasteiger partial charge < -0.3 is 30.3 Å². The van der Waals surface area contributed by atoms with Crippen molar-refractivity contribution in [2.24, 2.45) is 5.92 Å². The number of methoxy groups -OCH3 is 1. The third-order valence-electron chi connectivity index (χ3n) is 5.66. The van der Waals surface area contributed by atoms with E-state index in [9.17, 15) is 18.4 Å². The largest absolute Gasteiger partial charge is 0.491 e. The van der Waals surface area contributed by atoms with Gasteiger partial charge in [0.1, 0.15) is 24.0 Å². The number of ether oxygens (including phenoxy) is 2. The van der Waals surface area contributed by atoms with Crippen molar-refractivity contribution in [3.63, 3.8) is 0 Å². The van der Waals surface area contributed by atoms with Crippen LogP contribution in [-0.2, 0) is 4.74 Å². The minimum atomic E-state index is -0.787. The van der Waals surface area contributed by atoms with Crippen LogP contribution >= 0.6 is 0 Å². The van der Waals surface area contributed by atoms with Gasteiger partial charge in [0.05, 0.1) is 17.4 Å². The molecule has 10 heteroatoms. The molecule has 3 amide bonds. The molecule has 2 aromatic carbocycles. The van der Waals surface area contributed by atoms with Gasteiger partial charge in [0.25, 0.3) is 5.91 Å².